The summed E-state index contributed by atoms with van der Waals surface area (Å²) in [5, 5.41) is 18.3. The smallest absolute Gasteiger partial charge is 0.251 e. The lowest BCUT2D eigenvalue weighted by Gasteiger charge is -2.37. The Kier molecular flexibility index (Phi) is 6.65. The molecule has 2 aromatic carbocycles. The first-order chi connectivity index (χ1) is 18.6. The highest BCUT2D eigenvalue weighted by Crippen LogP contribution is 2.38. The molecule has 1 atom stereocenters. The van der Waals surface area contributed by atoms with Crippen LogP contribution in [0, 0.1) is 0 Å². The van der Waals surface area contributed by atoms with E-state index in [0.717, 1.165) is 43.0 Å². The topological polar surface area (TPSA) is 130 Å². The van der Waals surface area contributed by atoms with Gasteiger partial charge in [0.2, 0.25) is 0 Å². The SMILES string of the molecule is O=C(N[C@@H]1CCOc2c(Cl)cccc21)c1cccc(NC2(c3nc(-c4ccncn4)n[nH]3)CCNCC2)c1. The number of nitrogens with zero attached hydrogens (tertiary/aromatic N) is 4. The first-order valence-corrected chi connectivity index (χ1v) is 13.0. The largest absolute Gasteiger partial charge is 0.492 e. The molecule has 2 aliphatic rings. The second-order valence-electron chi connectivity index (χ2n) is 9.46. The number of H-pyrrole nitrogens is 1. The van der Waals surface area contributed by atoms with Crippen molar-refractivity contribution in [1.82, 2.24) is 35.8 Å². The fraction of sp³-hybridized carbons (Fsp3) is 0.296. The Morgan fingerprint density at radius 1 is 1.13 bits per heavy atom. The minimum Gasteiger partial charge on any atom is -0.492 e. The maximum absolute atomic E-state index is 13.3. The van der Waals surface area contributed by atoms with Crippen LogP contribution in [0.25, 0.3) is 11.5 Å². The van der Waals surface area contributed by atoms with E-state index in [2.05, 4.69) is 36.1 Å². The highest BCUT2D eigenvalue weighted by atomic mass is 35.5. The summed E-state index contributed by atoms with van der Waals surface area (Å²) >= 11 is 6.31. The number of hydrogen-bond donors (Lipinski definition) is 4. The zero-order valence-corrected chi connectivity index (χ0v) is 21.3. The normalized spacial score (nSPS) is 18.2. The number of amides is 1. The van der Waals surface area contributed by atoms with Crippen LogP contribution in [0.15, 0.2) is 61.1 Å². The van der Waals surface area contributed by atoms with E-state index in [0.29, 0.717) is 40.9 Å². The van der Waals surface area contributed by atoms with Gasteiger partial charge in [-0.2, -0.15) is 5.10 Å². The Morgan fingerprint density at radius 2 is 2.00 bits per heavy atom. The molecule has 10 nitrogen and oxygen atoms in total. The van der Waals surface area contributed by atoms with Crippen molar-refractivity contribution in [2.45, 2.75) is 30.8 Å². The Labute approximate surface area is 224 Å². The van der Waals surface area contributed by atoms with Crippen molar-refractivity contribution in [1.29, 1.82) is 0 Å². The number of rotatable bonds is 6. The van der Waals surface area contributed by atoms with Crippen LogP contribution < -0.4 is 20.7 Å². The van der Waals surface area contributed by atoms with Gasteiger partial charge in [-0.15, -0.1) is 0 Å². The average Bonchev–Trinajstić information content (AvgIpc) is 3.46. The molecule has 2 aliphatic heterocycles. The van der Waals surface area contributed by atoms with Gasteiger partial charge < -0.3 is 20.7 Å². The van der Waals surface area contributed by atoms with Crippen molar-refractivity contribution < 1.29 is 9.53 Å². The summed E-state index contributed by atoms with van der Waals surface area (Å²) in [7, 11) is 0. The molecule has 38 heavy (non-hydrogen) atoms. The highest BCUT2D eigenvalue weighted by molar-refractivity contribution is 6.32. The van der Waals surface area contributed by atoms with Gasteiger partial charge in [-0.3, -0.25) is 9.89 Å². The molecule has 1 saturated heterocycles. The maximum Gasteiger partial charge on any atom is 0.251 e. The molecule has 194 valence electrons. The standard InChI is InChI=1S/C27H27ClN8O2/c28-20-6-2-5-19-21(8-14-38-23(19)20)32-25(37)17-3-1-4-18(15-17)34-27(9-12-29-13-10-27)26-33-24(35-36-26)22-7-11-30-16-31-22/h1-7,11,15-16,21,29,34H,8-10,12-14H2,(H,32,37)(H,33,35,36)/t21-/m1/s1. The summed E-state index contributed by atoms with van der Waals surface area (Å²) in [5.41, 5.74) is 2.46. The Morgan fingerprint density at radius 3 is 2.84 bits per heavy atom. The van der Waals surface area contributed by atoms with Gasteiger partial charge in [0.15, 0.2) is 11.6 Å². The first-order valence-electron chi connectivity index (χ1n) is 12.6. The highest BCUT2D eigenvalue weighted by Gasteiger charge is 2.37. The molecule has 4 N–H and O–H groups in total. The minimum atomic E-state index is -0.477. The van der Waals surface area contributed by atoms with Gasteiger partial charge in [0.25, 0.3) is 5.91 Å². The van der Waals surface area contributed by atoms with Gasteiger partial charge in [0.05, 0.1) is 23.2 Å². The fourth-order valence-electron chi connectivity index (χ4n) is 5.08. The number of benzene rings is 2. The van der Waals surface area contributed by atoms with E-state index in [9.17, 15) is 4.79 Å². The van der Waals surface area contributed by atoms with E-state index in [4.69, 9.17) is 21.3 Å². The zero-order chi connectivity index (χ0) is 26.0. The summed E-state index contributed by atoms with van der Waals surface area (Å²) < 4.78 is 5.74. The van der Waals surface area contributed by atoms with Crippen LogP contribution in [0.5, 0.6) is 5.75 Å². The molecule has 1 amide bonds. The average molecular weight is 531 g/mol. The molecule has 1 fully saturated rings. The van der Waals surface area contributed by atoms with Gasteiger partial charge in [0, 0.05) is 29.4 Å². The number of aromatic amines is 1. The summed E-state index contributed by atoms with van der Waals surface area (Å²) in [4.78, 5) is 26.3. The number of para-hydroxylation sites is 1. The first kappa shape index (κ1) is 24.3. The van der Waals surface area contributed by atoms with Crippen LogP contribution in [-0.4, -0.2) is 50.8 Å². The van der Waals surface area contributed by atoms with E-state index >= 15 is 0 Å². The van der Waals surface area contributed by atoms with Crippen molar-refractivity contribution in [3.8, 4) is 17.3 Å². The number of nitrogens with one attached hydrogen (secondary N) is 4. The monoisotopic (exact) mass is 530 g/mol. The molecule has 4 aromatic rings. The van der Waals surface area contributed by atoms with Crippen LogP contribution in [-0.2, 0) is 5.54 Å². The number of ether oxygens (including phenoxy) is 1. The molecule has 11 heteroatoms. The lowest BCUT2D eigenvalue weighted by atomic mass is 9.87. The van der Waals surface area contributed by atoms with Crippen molar-refractivity contribution in [2.75, 3.05) is 25.0 Å². The molecule has 0 spiro atoms. The van der Waals surface area contributed by atoms with Crippen LogP contribution in [0.2, 0.25) is 5.02 Å². The van der Waals surface area contributed by atoms with Gasteiger partial charge in [-0.25, -0.2) is 15.0 Å². The summed E-state index contributed by atoms with van der Waals surface area (Å²) in [6, 6.07) is 14.7. The lowest BCUT2D eigenvalue weighted by Crippen LogP contribution is -2.46. The summed E-state index contributed by atoms with van der Waals surface area (Å²) in [6.45, 7) is 2.14. The summed E-state index contributed by atoms with van der Waals surface area (Å²) in [6.07, 6.45) is 5.41. The molecular weight excluding hydrogens is 504 g/mol. The molecule has 0 aliphatic carbocycles. The van der Waals surface area contributed by atoms with Crippen LogP contribution in [0.1, 0.15) is 47.1 Å². The molecule has 4 heterocycles. The molecule has 2 aromatic heterocycles. The number of halogens is 1. The minimum absolute atomic E-state index is 0.156. The van der Waals surface area contributed by atoms with Crippen molar-refractivity contribution >= 4 is 23.2 Å². The zero-order valence-electron chi connectivity index (χ0n) is 20.6. The number of piperidine rings is 1. The number of carbonyl (C=O) groups excluding carboxylic acids is 1. The second kappa shape index (κ2) is 10.4. The van der Waals surface area contributed by atoms with Gasteiger partial charge in [-0.05, 0) is 56.3 Å². The fourth-order valence-corrected chi connectivity index (χ4v) is 5.32. The quantitative estimate of drug-likeness (QED) is 0.296. The molecule has 0 radical (unpaired) electrons. The third-order valence-electron chi connectivity index (χ3n) is 7.05. The molecular formula is C27H27ClN8O2. The molecule has 0 bridgehead atoms. The van der Waals surface area contributed by atoms with E-state index in [1.165, 1.54) is 6.33 Å². The predicted molar refractivity (Wildman–Crippen MR) is 143 cm³/mol. The number of hydrogen-bond acceptors (Lipinski definition) is 8. The Balaban J connectivity index is 1.23. The van der Waals surface area contributed by atoms with Crippen LogP contribution in [0.3, 0.4) is 0 Å². The van der Waals surface area contributed by atoms with E-state index < -0.39 is 5.54 Å². The van der Waals surface area contributed by atoms with E-state index in [1.807, 2.05) is 36.4 Å². The van der Waals surface area contributed by atoms with E-state index in [-0.39, 0.29) is 11.9 Å². The van der Waals surface area contributed by atoms with Gasteiger partial charge in [-0.1, -0.05) is 29.8 Å². The van der Waals surface area contributed by atoms with E-state index in [1.54, 1.807) is 18.3 Å². The third kappa shape index (κ3) is 4.80. The maximum atomic E-state index is 13.3. The number of carbonyl (C=O) groups is 1. The van der Waals surface area contributed by atoms with Crippen molar-refractivity contribution in [3.63, 3.8) is 0 Å². The van der Waals surface area contributed by atoms with Gasteiger partial charge >= 0.3 is 0 Å². The Hall–Kier alpha value is -4.02. The third-order valence-corrected chi connectivity index (χ3v) is 7.34. The second-order valence-corrected chi connectivity index (χ2v) is 9.87. The Bertz CT molecular complexity index is 1440. The molecule has 6 rings (SSSR count). The van der Waals surface area contributed by atoms with Gasteiger partial charge in [0.1, 0.15) is 17.8 Å². The summed E-state index contributed by atoms with van der Waals surface area (Å²) in [5.74, 6) is 1.74. The predicted octanol–water partition coefficient (Wildman–Crippen LogP) is 3.86. The molecule has 0 unspecified atom stereocenters. The van der Waals surface area contributed by atoms with Crippen molar-refractivity contribution in [2.24, 2.45) is 0 Å². The number of aromatic nitrogens is 5. The van der Waals surface area contributed by atoms with Crippen molar-refractivity contribution in [3.05, 3.63) is 83.0 Å². The van der Waals surface area contributed by atoms with Crippen LogP contribution in [0.4, 0.5) is 5.69 Å². The molecule has 0 saturated carbocycles. The lowest BCUT2D eigenvalue weighted by molar-refractivity contribution is 0.0925. The number of fused-ring (bicyclic) bond motifs is 1. The van der Waals surface area contributed by atoms with Crippen LogP contribution >= 0.6 is 11.6 Å². The number of anilines is 1.